The zero-order valence-electron chi connectivity index (χ0n) is 27.4. The number of nitrogens with two attached hydrogens (primary N) is 1. The SMILES string of the molecule is CC[C@@H](CCCC(CO)N(CCC(C)C)S(=O)c1ccc(N)cc1)NC(=O)C(NC(=O)OC)C(c1ccccc1)c1ccccc1. The van der Waals surface area contributed by atoms with Gasteiger partial charge < -0.3 is 26.2 Å². The zero-order valence-corrected chi connectivity index (χ0v) is 28.2. The first-order valence-corrected chi connectivity index (χ1v) is 17.2. The summed E-state index contributed by atoms with van der Waals surface area (Å²) < 4.78 is 20.4. The second kappa shape index (κ2) is 19.1. The predicted octanol–water partition coefficient (Wildman–Crippen LogP) is 5.62. The van der Waals surface area contributed by atoms with Gasteiger partial charge in [0.25, 0.3) is 0 Å². The monoisotopic (exact) mass is 650 g/mol. The molecule has 3 aromatic carbocycles. The Labute approximate surface area is 276 Å². The summed E-state index contributed by atoms with van der Waals surface area (Å²) in [6.45, 7) is 6.69. The largest absolute Gasteiger partial charge is 0.453 e. The first-order valence-electron chi connectivity index (χ1n) is 16.1. The molecule has 0 bridgehead atoms. The van der Waals surface area contributed by atoms with E-state index in [1.54, 1.807) is 24.3 Å². The van der Waals surface area contributed by atoms with E-state index in [2.05, 4.69) is 24.5 Å². The van der Waals surface area contributed by atoms with Crippen LogP contribution in [-0.4, -0.2) is 64.0 Å². The summed E-state index contributed by atoms with van der Waals surface area (Å²) in [6.07, 6.45) is 2.77. The Hall–Kier alpha value is -3.73. The van der Waals surface area contributed by atoms with Crippen LogP contribution in [0.5, 0.6) is 0 Å². The minimum absolute atomic E-state index is 0.136. The number of ether oxygens (including phenoxy) is 1. The van der Waals surface area contributed by atoms with Crippen LogP contribution in [0, 0.1) is 5.92 Å². The summed E-state index contributed by atoms with van der Waals surface area (Å²) >= 11 is 0. The Morgan fingerprint density at radius 1 is 0.891 bits per heavy atom. The van der Waals surface area contributed by atoms with Crippen LogP contribution in [0.15, 0.2) is 89.8 Å². The Balaban J connectivity index is 1.75. The smallest absolute Gasteiger partial charge is 0.407 e. The lowest BCUT2D eigenvalue weighted by atomic mass is 9.84. The van der Waals surface area contributed by atoms with Crippen LogP contribution in [0.1, 0.15) is 69.9 Å². The Morgan fingerprint density at radius 3 is 1.98 bits per heavy atom. The molecular weight excluding hydrogens is 600 g/mol. The maximum atomic E-state index is 14.0. The van der Waals surface area contributed by atoms with Crippen molar-refractivity contribution in [3.8, 4) is 0 Å². The molecule has 3 aromatic rings. The fraction of sp³-hybridized carbons (Fsp3) is 0.444. The van der Waals surface area contributed by atoms with Gasteiger partial charge in [0.2, 0.25) is 5.91 Å². The number of methoxy groups -OCH3 is 1. The van der Waals surface area contributed by atoms with E-state index >= 15 is 0 Å². The average molecular weight is 651 g/mol. The number of anilines is 1. The molecule has 0 aromatic heterocycles. The number of rotatable bonds is 18. The summed E-state index contributed by atoms with van der Waals surface area (Å²) in [4.78, 5) is 27.1. The maximum Gasteiger partial charge on any atom is 0.407 e. The zero-order chi connectivity index (χ0) is 33.5. The molecule has 9 nitrogen and oxygen atoms in total. The third-order valence-corrected chi connectivity index (χ3v) is 9.74. The number of nitrogen functional groups attached to an aromatic ring is 1. The van der Waals surface area contributed by atoms with Gasteiger partial charge in [0, 0.05) is 30.2 Å². The number of amides is 2. The normalized spacial score (nSPS) is 14.1. The second-order valence-electron chi connectivity index (χ2n) is 11.9. The van der Waals surface area contributed by atoms with Gasteiger partial charge in [-0.2, -0.15) is 0 Å². The van der Waals surface area contributed by atoms with E-state index in [1.807, 2.05) is 71.9 Å². The highest BCUT2D eigenvalue weighted by Gasteiger charge is 2.34. The third-order valence-electron chi connectivity index (χ3n) is 8.16. The van der Waals surface area contributed by atoms with Crippen molar-refractivity contribution < 1.29 is 23.6 Å². The van der Waals surface area contributed by atoms with Crippen molar-refractivity contribution in [2.24, 2.45) is 5.92 Å². The average Bonchev–Trinajstić information content (AvgIpc) is 3.07. The fourth-order valence-electron chi connectivity index (χ4n) is 5.49. The number of nitrogens with one attached hydrogen (secondary N) is 2. The van der Waals surface area contributed by atoms with Gasteiger partial charge in [-0.15, -0.1) is 0 Å². The minimum atomic E-state index is -1.46. The summed E-state index contributed by atoms with van der Waals surface area (Å²) in [6, 6.07) is 24.8. The summed E-state index contributed by atoms with van der Waals surface area (Å²) in [5, 5.41) is 16.4. The molecule has 0 aliphatic heterocycles. The number of carbonyl (C=O) groups excluding carboxylic acids is 2. The van der Waals surface area contributed by atoms with Crippen molar-refractivity contribution in [2.45, 2.75) is 81.8 Å². The molecule has 3 rings (SSSR count). The van der Waals surface area contributed by atoms with Gasteiger partial charge in [0.1, 0.15) is 17.0 Å². The van der Waals surface area contributed by atoms with E-state index in [0.717, 1.165) is 17.5 Å². The van der Waals surface area contributed by atoms with Crippen LogP contribution in [0.4, 0.5) is 10.5 Å². The highest BCUT2D eigenvalue weighted by molar-refractivity contribution is 7.82. The van der Waals surface area contributed by atoms with Crippen LogP contribution in [0.25, 0.3) is 0 Å². The molecule has 5 N–H and O–H groups in total. The molecule has 0 heterocycles. The summed E-state index contributed by atoms with van der Waals surface area (Å²) in [7, 11) is -0.181. The van der Waals surface area contributed by atoms with Gasteiger partial charge in [0.15, 0.2) is 0 Å². The molecule has 4 atom stereocenters. The highest BCUT2D eigenvalue weighted by atomic mass is 32.2. The molecule has 250 valence electrons. The Morgan fingerprint density at radius 2 is 1.48 bits per heavy atom. The van der Waals surface area contributed by atoms with E-state index in [4.69, 9.17) is 10.5 Å². The van der Waals surface area contributed by atoms with E-state index in [-0.39, 0.29) is 24.6 Å². The number of carbonyl (C=O) groups is 2. The van der Waals surface area contributed by atoms with E-state index in [9.17, 15) is 18.9 Å². The lowest BCUT2D eigenvalue weighted by Crippen LogP contribution is -2.52. The molecular formula is C36H50N4O5S. The minimum Gasteiger partial charge on any atom is -0.453 e. The summed E-state index contributed by atoms with van der Waals surface area (Å²) in [5.74, 6) is -0.348. The van der Waals surface area contributed by atoms with Crippen LogP contribution < -0.4 is 16.4 Å². The predicted molar refractivity (Wildman–Crippen MR) is 184 cm³/mol. The molecule has 10 heteroatoms. The number of nitrogens with zero attached hydrogens (tertiary/aromatic N) is 1. The maximum absolute atomic E-state index is 14.0. The quantitative estimate of drug-likeness (QED) is 0.132. The molecule has 0 fully saturated rings. The molecule has 0 saturated heterocycles. The summed E-state index contributed by atoms with van der Waals surface area (Å²) in [5.41, 5.74) is 8.22. The van der Waals surface area contributed by atoms with Crippen LogP contribution >= 0.6 is 0 Å². The van der Waals surface area contributed by atoms with Gasteiger partial charge in [-0.25, -0.2) is 13.3 Å². The van der Waals surface area contributed by atoms with E-state index in [1.165, 1.54) is 7.11 Å². The molecule has 0 spiro atoms. The van der Waals surface area contributed by atoms with Crippen molar-refractivity contribution in [1.29, 1.82) is 0 Å². The Bertz CT molecular complexity index is 1320. The molecule has 46 heavy (non-hydrogen) atoms. The number of aliphatic hydroxyl groups is 1. The molecule has 0 aliphatic rings. The number of hydrogen-bond donors (Lipinski definition) is 4. The Kier molecular flexibility index (Phi) is 15.2. The van der Waals surface area contributed by atoms with Crippen LogP contribution in [-0.2, 0) is 20.5 Å². The van der Waals surface area contributed by atoms with Crippen molar-refractivity contribution in [3.63, 3.8) is 0 Å². The van der Waals surface area contributed by atoms with Crippen molar-refractivity contribution in [3.05, 3.63) is 96.1 Å². The van der Waals surface area contributed by atoms with Gasteiger partial charge in [-0.3, -0.25) is 4.79 Å². The first-order chi connectivity index (χ1) is 22.2. The molecule has 0 saturated carbocycles. The van der Waals surface area contributed by atoms with E-state index < -0.39 is 29.0 Å². The van der Waals surface area contributed by atoms with Gasteiger partial charge in [-0.1, -0.05) is 81.4 Å². The highest BCUT2D eigenvalue weighted by Crippen LogP contribution is 2.29. The van der Waals surface area contributed by atoms with Crippen LogP contribution in [0.2, 0.25) is 0 Å². The lowest BCUT2D eigenvalue weighted by Gasteiger charge is -2.31. The number of alkyl carbamates (subject to hydrolysis) is 1. The second-order valence-corrected chi connectivity index (χ2v) is 13.4. The molecule has 3 unspecified atom stereocenters. The van der Waals surface area contributed by atoms with Crippen LogP contribution in [0.3, 0.4) is 0 Å². The van der Waals surface area contributed by atoms with Crippen molar-refractivity contribution in [2.75, 3.05) is 26.0 Å². The topological polar surface area (TPSA) is 134 Å². The molecule has 0 radical (unpaired) electrons. The third kappa shape index (κ3) is 11.0. The van der Waals surface area contributed by atoms with Gasteiger partial charge in [0.05, 0.1) is 18.6 Å². The van der Waals surface area contributed by atoms with E-state index in [0.29, 0.717) is 48.7 Å². The molecule has 2 amide bonds. The fourth-order valence-corrected chi connectivity index (χ4v) is 6.84. The van der Waals surface area contributed by atoms with Gasteiger partial charge >= 0.3 is 6.09 Å². The standard InChI is InChI=1S/C36H50N4O5S/c1-5-30(17-12-18-31(25-41)40(24-23-26(2)3)46(44)32-21-19-29(37)20-22-32)38-35(42)34(39-36(43)45-4)33(27-13-8-6-9-14-27)28-15-10-7-11-16-28/h6-11,13-16,19-22,26,30-31,33-34,41H,5,12,17-18,23-25,37H2,1-4H3,(H,38,42)(H,39,43)/t30-,31?,34?,46?/m0/s1. The number of benzene rings is 3. The number of hydrogen-bond acceptors (Lipinski definition) is 6. The first kappa shape index (κ1) is 36.7. The van der Waals surface area contributed by atoms with Crippen molar-refractivity contribution >= 4 is 28.7 Å². The van der Waals surface area contributed by atoms with Gasteiger partial charge in [-0.05, 0) is 73.4 Å². The lowest BCUT2D eigenvalue weighted by molar-refractivity contribution is -0.124. The molecule has 0 aliphatic carbocycles. The number of aliphatic hydroxyl groups excluding tert-OH is 1. The van der Waals surface area contributed by atoms with Crippen molar-refractivity contribution in [1.82, 2.24) is 14.9 Å².